The van der Waals surface area contributed by atoms with Gasteiger partial charge in [-0.2, -0.15) is 0 Å². The van der Waals surface area contributed by atoms with Crippen molar-refractivity contribution in [1.82, 2.24) is 9.62 Å². The van der Waals surface area contributed by atoms with Gasteiger partial charge in [-0.3, -0.25) is 14.4 Å². The van der Waals surface area contributed by atoms with Crippen molar-refractivity contribution in [3.63, 3.8) is 0 Å². The highest BCUT2D eigenvalue weighted by Crippen LogP contribution is 1.98. The molecule has 1 fully saturated rings. The molecule has 0 radical (unpaired) electrons. The van der Waals surface area contributed by atoms with Gasteiger partial charge in [0.2, 0.25) is 15.9 Å². The average Bonchev–Trinajstić information content (AvgIpc) is 2.17. The molecule has 0 spiro atoms. The highest BCUT2D eigenvalue weighted by Gasteiger charge is 2.21. The summed E-state index contributed by atoms with van der Waals surface area (Å²) < 4.78 is 30.0. The zero-order valence-corrected chi connectivity index (χ0v) is 10.4. The molecule has 0 aromatic rings. The van der Waals surface area contributed by atoms with Crippen LogP contribution >= 0.6 is 0 Å². The molecular formula is C9H18N2O4S. The molecule has 0 bridgehead atoms. The number of hydrogen-bond donors (Lipinski definition) is 1. The number of nitrogens with zero attached hydrogens (tertiary/aromatic N) is 1. The van der Waals surface area contributed by atoms with Gasteiger partial charge in [-0.15, -0.1) is 0 Å². The van der Waals surface area contributed by atoms with Gasteiger partial charge in [0.05, 0.1) is 25.0 Å². The normalized spacial score (nSPS) is 18.7. The molecule has 6 nitrogen and oxygen atoms in total. The van der Waals surface area contributed by atoms with Crippen LogP contribution in [0.4, 0.5) is 0 Å². The second kappa shape index (κ2) is 5.60. The Balaban J connectivity index is 2.41. The summed E-state index contributed by atoms with van der Waals surface area (Å²) >= 11 is 0. The van der Waals surface area contributed by atoms with Gasteiger partial charge in [-0.25, -0.2) is 8.42 Å². The number of hydrogen-bond acceptors (Lipinski definition) is 5. The highest BCUT2D eigenvalue weighted by atomic mass is 32.2. The Bertz CT molecular complexity index is 333. The summed E-state index contributed by atoms with van der Waals surface area (Å²) in [5, 5.41) is -0.596. The Morgan fingerprint density at radius 2 is 1.94 bits per heavy atom. The van der Waals surface area contributed by atoms with E-state index in [2.05, 4.69) is 4.72 Å². The lowest BCUT2D eigenvalue weighted by Crippen LogP contribution is -2.45. The van der Waals surface area contributed by atoms with E-state index in [1.165, 1.54) is 13.8 Å². The molecule has 0 aliphatic carbocycles. The largest absolute Gasteiger partial charge is 0.379 e. The van der Waals surface area contributed by atoms with Gasteiger partial charge in [-0.05, 0) is 13.8 Å². The van der Waals surface area contributed by atoms with E-state index >= 15 is 0 Å². The van der Waals surface area contributed by atoms with Crippen LogP contribution in [0.5, 0.6) is 0 Å². The van der Waals surface area contributed by atoms with Crippen LogP contribution < -0.4 is 4.72 Å². The molecular weight excluding hydrogens is 232 g/mol. The molecule has 94 valence electrons. The fourth-order valence-corrected chi connectivity index (χ4v) is 1.89. The fraction of sp³-hybridized carbons (Fsp3) is 0.889. The topological polar surface area (TPSA) is 75.7 Å². The van der Waals surface area contributed by atoms with Crippen molar-refractivity contribution in [2.75, 3.05) is 32.8 Å². The third-order valence-electron chi connectivity index (χ3n) is 2.35. The minimum absolute atomic E-state index is 0.106. The van der Waals surface area contributed by atoms with Crippen LogP contribution in [0.2, 0.25) is 0 Å². The number of carbonyl (C=O) groups excluding carboxylic acids is 1. The Morgan fingerprint density at radius 3 is 2.44 bits per heavy atom. The summed E-state index contributed by atoms with van der Waals surface area (Å²) in [4.78, 5) is 13.3. The predicted octanol–water partition coefficient (Wildman–Crippen LogP) is -0.827. The maximum Gasteiger partial charge on any atom is 0.247 e. The molecule has 1 aliphatic heterocycles. The Morgan fingerprint density at radius 1 is 1.38 bits per heavy atom. The number of amides is 1. The quantitative estimate of drug-likeness (QED) is 0.705. The maximum absolute atomic E-state index is 11.5. The number of nitrogens with one attached hydrogen (secondary N) is 1. The van der Waals surface area contributed by atoms with Crippen molar-refractivity contribution >= 4 is 15.9 Å². The van der Waals surface area contributed by atoms with E-state index in [-0.39, 0.29) is 6.54 Å². The summed E-state index contributed by atoms with van der Waals surface area (Å²) in [5.41, 5.74) is 0. The van der Waals surface area contributed by atoms with E-state index in [0.717, 1.165) is 0 Å². The van der Waals surface area contributed by atoms with E-state index < -0.39 is 21.2 Å². The molecule has 16 heavy (non-hydrogen) atoms. The molecule has 0 atom stereocenters. The van der Waals surface area contributed by atoms with E-state index in [0.29, 0.717) is 26.3 Å². The monoisotopic (exact) mass is 250 g/mol. The second-order valence-electron chi connectivity index (χ2n) is 4.01. The van der Waals surface area contributed by atoms with Crippen molar-refractivity contribution in [3.05, 3.63) is 0 Å². The Labute approximate surface area is 96.0 Å². The molecule has 0 aromatic heterocycles. The molecule has 1 heterocycles. The van der Waals surface area contributed by atoms with E-state index in [9.17, 15) is 13.2 Å². The third-order valence-corrected chi connectivity index (χ3v) is 4.10. The number of rotatable bonds is 4. The van der Waals surface area contributed by atoms with Gasteiger partial charge >= 0.3 is 0 Å². The average molecular weight is 250 g/mol. The smallest absolute Gasteiger partial charge is 0.247 e. The summed E-state index contributed by atoms with van der Waals surface area (Å²) in [6.45, 7) is 5.67. The van der Waals surface area contributed by atoms with Crippen molar-refractivity contribution in [1.29, 1.82) is 0 Å². The standard InChI is InChI=1S/C9H18N2O4S/c1-8(2)16(13,14)10-9(12)7-11-3-5-15-6-4-11/h8H,3-7H2,1-2H3,(H,10,12). The lowest BCUT2D eigenvalue weighted by Gasteiger charge is -2.25. The number of carbonyl (C=O) groups is 1. The van der Waals surface area contributed by atoms with Gasteiger partial charge in [0.25, 0.3) is 0 Å². The van der Waals surface area contributed by atoms with Gasteiger partial charge < -0.3 is 4.74 Å². The molecule has 1 rings (SSSR count). The van der Waals surface area contributed by atoms with Crippen LogP contribution in [0.1, 0.15) is 13.8 Å². The highest BCUT2D eigenvalue weighted by molar-refractivity contribution is 7.90. The van der Waals surface area contributed by atoms with Crippen LogP contribution in [0.3, 0.4) is 0 Å². The first kappa shape index (κ1) is 13.4. The van der Waals surface area contributed by atoms with Crippen LogP contribution in [0.25, 0.3) is 0 Å². The number of morpholine rings is 1. The first-order chi connectivity index (χ1) is 7.42. The van der Waals surface area contributed by atoms with E-state index in [4.69, 9.17) is 4.74 Å². The predicted molar refractivity (Wildman–Crippen MR) is 59.5 cm³/mol. The van der Waals surface area contributed by atoms with Crippen LogP contribution in [-0.2, 0) is 19.6 Å². The second-order valence-corrected chi connectivity index (χ2v) is 6.24. The van der Waals surface area contributed by atoms with Crippen molar-refractivity contribution in [2.45, 2.75) is 19.1 Å². The molecule has 7 heteroatoms. The first-order valence-electron chi connectivity index (χ1n) is 5.26. The summed E-state index contributed by atoms with van der Waals surface area (Å²) in [6.07, 6.45) is 0. The van der Waals surface area contributed by atoms with Crippen molar-refractivity contribution in [2.24, 2.45) is 0 Å². The third kappa shape index (κ3) is 4.07. The Kier molecular flexibility index (Phi) is 4.69. The van der Waals surface area contributed by atoms with Gasteiger partial charge in [0.1, 0.15) is 0 Å². The zero-order valence-electron chi connectivity index (χ0n) is 9.60. The van der Waals surface area contributed by atoms with Crippen LogP contribution in [0.15, 0.2) is 0 Å². The van der Waals surface area contributed by atoms with E-state index in [1.807, 2.05) is 4.90 Å². The minimum Gasteiger partial charge on any atom is -0.379 e. The SMILES string of the molecule is CC(C)S(=O)(=O)NC(=O)CN1CCOCC1. The van der Waals surface area contributed by atoms with Crippen molar-refractivity contribution in [3.8, 4) is 0 Å². The molecule has 0 aromatic carbocycles. The lowest BCUT2D eigenvalue weighted by atomic mass is 10.4. The molecule has 1 amide bonds. The maximum atomic E-state index is 11.5. The zero-order chi connectivity index (χ0) is 12.2. The molecule has 0 unspecified atom stereocenters. The minimum atomic E-state index is -3.51. The number of ether oxygens (including phenoxy) is 1. The summed E-state index contributed by atoms with van der Waals surface area (Å²) in [5.74, 6) is -0.476. The summed E-state index contributed by atoms with van der Waals surface area (Å²) in [7, 11) is -3.51. The summed E-state index contributed by atoms with van der Waals surface area (Å²) in [6, 6.07) is 0. The lowest BCUT2D eigenvalue weighted by molar-refractivity contribution is -0.121. The number of sulfonamides is 1. The molecule has 0 saturated carbocycles. The van der Waals surface area contributed by atoms with Gasteiger partial charge in [-0.1, -0.05) is 0 Å². The van der Waals surface area contributed by atoms with Gasteiger partial charge in [0, 0.05) is 13.1 Å². The fourth-order valence-electron chi connectivity index (χ4n) is 1.27. The first-order valence-corrected chi connectivity index (χ1v) is 6.81. The molecule has 1 saturated heterocycles. The van der Waals surface area contributed by atoms with Crippen LogP contribution in [-0.4, -0.2) is 57.3 Å². The molecule has 1 N–H and O–H groups in total. The van der Waals surface area contributed by atoms with Crippen molar-refractivity contribution < 1.29 is 17.9 Å². The molecule has 1 aliphatic rings. The van der Waals surface area contributed by atoms with E-state index in [1.54, 1.807) is 0 Å². The van der Waals surface area contributed by atoms with Gasteiger partial charge in [0.15, 0.2) is 0 Å². The van der Waals surface area contributed by atoms with Crippen LogP contribution in [0, 0.1) is 0 Å². The Hall–Kier alpha value is -0.660.